The molecule has 4 aliphatic heterocycles. The maximum absolute atomic E-state index is 12.2. The highest BCUT2D eigenvalue weighted by Crippen LogP contribution is 2.23. The number of hydrogen-bond donors (Lipinski definition) is 3. The van der Waals surface area contributed by atoms with E-state index in [1.807, 2.05) is 84.9 Å². The number of rotatable bonds is 13. The van der Waals surface area contributed by atoms with Gasteiger partial charge in [-0.2, -0.15) is 0 Å². The van der Waals surface area contributed by atoms with Crippen LogP contribution in [0.25, 0.3) is 0 Å². The minimum atomic E-state index is -0.972. The largest absolute Gasteiger partial charge is 0.477 e. The smallest absolute Gasteiger partial charge is 0.356 e. The number of carboxylic acid groups (broad SMARTS) is 1. The molecule has 0 bridgehead atoms. The summed E-state index contributed by atoms with van der Waals surface area (Å²) in [6.45, 7) is 8.71. The van der Waals surface area contributed by atoms with Crippen LogP contribution in [0.5, 0.6) is 0 Å². The summed E-state index contributed by atoms with van der Waals surface area (Å²) in [5, 5.41) is 30.1. The number of carbonyl (C=O) groups excluding carboxylic acids is 4. The van der Waals surface area contributed by atoms with Crippen molar-refractivity contribution in [2.75, 3.05) is 86.2 Å². The van der Waals surface area contributed by atoms with E-state index in [-0.39, 0.29) is 36.1 Å². The first-order valence-electron chi connectivity index (χ1n) is 29.7. The first-order chi connectivity index (χ1) is 42.8. The van der Waals surface area contributed by atoms with Crippen LogP contribution in [0.4, 0.5) is 22.7 Å². The van der Waals surface area contributed by atoms with Gasteiger partial charge in [0.05, 0.1) is 74.8 Å². The quantitative estimate of drug-likeness (QED) is 0.0551. The normalized spacial score (nSPS) is 14.5. The van der Waals surface area contributed by atoms with E-state index in [1.54, 1.807) is 67.4 Å². The maximum atomic E-state index is 12.2. The number of hydrogen-bond acceptors (Lipinski definition) is 18. The van der Waals surface area contributed by atoms with E-state index in [2.05, 4.69) is 69.9 Å². The number of piperidine rings is 4. The van der Waals surface area contributed by atoms with Crippen LogP contribution >= 0.6 is 15.9 Å². The van der Waals surface area contributed by atoms with Gasteiger partial charge in [0.2, 0.25) is 0 Å². The van der Waals surface area contributed by atoms with Gasteiger partial charge in [-0.05, 0) is 165 Å². The van der Waals surface area contributed by atoms with Gasteiger partial charge < -0.3 is 34.2 Å². The Morgan fingerprint density at radius 2 is 0.682 bits per heavy atom. The van der Waals surface area contributed by atoms with Crippen molar-refractivity contribution in [3.05, 3.63) is 196 Å². The lowest BCUT2D eigenvalue weighted by Crippen LogP contribution is -2.30. The summed E-state index contributed by atoms with van der Waals surface area (Å²) in [5.41, 5.74) is 7.22. The molecular formula is C66H78BrN11O10. The van der Waals surface area contributed by atoms with E-state index in [0.717, 1.165) is 90.7 Å². The number of ether oxygens (including phenoxy) is 2. The highest BCUT2D eigenvalue weighted by atomic mass is 79.9. The van der Waals surface area contributed by atoms with Crippen LogP contribution in [0.15, 0.2) is 157 Å². The second-order valence-corrected chi connectivity index (χ2v) is 22.1. The number of benzene rings is 2. The van der Waals surface area contributed by atoms with Crippen LogP contribution in [0.1, 0.15) is 141 Å². The Bertz CT molecular complexity index is 3100. The number of carboxylic acids is 1. The number of carbonyl (C=O) groups is 5. The van der Waals surface area contributed by atoms with Gasteiger partial charge in [0.1, 0.15) is 28.5 Å². The van der Waals surface area contributed by atoms with Crippen LogP contribution in [-0.4, -0.2) is 147 Å². The van der Waals surface area contributed by atoms with Gasteiger partial charge in [0.25, 0.3) is 11.8 Å². The molecule has 464 valence electrons. The monoisotopic (exact) mass is 1260 g/mol. The summed E-state index contributed by atoms with van der Waals surface area (Å²) in [5.74, 6) is -2.75. The van der Waals surface area contributed by atoms with Gasteiger partial charge in [-0.3, -0.25) is 20.0 Å². The fourth-order valence-corrected chi connectivity index (χ4v) is 10.3. The highest BCUT2D eigenvalue weighted by Gasteiger charge is 2.20. The molecule has 22 heteroatoms. The van der Waals surface area contributed by atoms with Crippen molar-refractivity contribution in [3.63, 3.8) is 0 Å². The molecule has 88 heavy (non-hydrogen) atoms. The van der Waals surface area contributed by atoms with Gasteiger partial charge in [-0.1, -0.05) is 60.7 Å². The molecule has 4 aliphatic rings. The van der Waals surface area contributed by atoms with Crippen LogP contribution in [0.3, 0.4) is 0 Å². The number of esters is 2. The number of nitrogens with zero attached hydrogens (tertiary/aromatic N) is 11. The van der Waals surface area contributed by atoms with Crippen LogP contribution in [0, 0.1) is 0 Å². The minimum absolute atomic E-state index is 0.107. The highest BCUT2D eigenvalue weighted by molar-refractivity contribution is 9.10. The second-order valence-electron chi connectivity index (χ2n) is 21.1. The summed E-state index contributed by atoms with van der Waals surface area (Å²) in [6, 6.07) is 36.3. The molecule has 5 aromatic heterocycles. The van der Waals surface area contributed by atoms with Gasteiger partial charge in [-0.25, -0.2) is 49.4 Å². The zero-order chi connectivity index (χ0) is 62.5. The summed E-state index contributed by atoms with van der Waals surface area (Å²) in [7, 11) is 2.69. The molecule has 0 atom stereocenters. The summed E-state index contributed by atoms with van der Waals surface area (Å²) in [6.07, 6.45) is 23.2. The average molecular weight is 1270 g/mol. The van der Waals surface area contributed by atoms with Crippen LogP contribution < -0.4 is 19.6 Å². The fourth-order valence-electron chi connectivity index (χ4n) is 10.0. The molecule has 2 aromatic carbocycles. The van der Waals surface area contributed by atoms with E-state index >= 15 is 0 Å². The number of methoxy groups -OCH3 is 2. The number of amides is 2. The van der Waals surface area contributed by atoms with Crippen molar-refractivity contribution < 1.29 is 49.0 Å². The number of aromatic carboxylic acids is 1. The first-order valence-corrected chi connectivity index (χ1v) is 30.5. The molecule has 4 fully saturated rings. The number of aromatic nitrogens is 5. The standard InChI is InChI=1S/2C18H21N3O2.C12H16N2O2.C11H14N2O2.C7H6BrNO2/c2*22-18(21(23)14-15-7-3-1-4-8-15)17-10-9-16(13-19-17)20-11-5-2-6-12-20;1-16-12(15)11-6-5-10(9-13-11)14-7-3-2-4-8-14;14-11(15)10-5-4-9(8-12-10)13-6-2-1-3-7-13;1-11-7(10)6-3-2-5(8)4-9-6/h2*1,3-4,7-10,13,23H,2,5-6,11-12,14H2;5-6,9H,2-4,7-8H2,1H3;4-5,8H,1-3,6-7H2,(H,14,15);2-4H,1H3. The molecule has 0 unspecified atom stereocenters. The molecule has 4 saturated heterocycles. The molecule has 3 N–H and O–H groups in total. The molecule has 2 amide bonds. The predicted octanol–water partition coefficient (Wildman–Crippen LogP) is 11.5. The van der Waals surface area contributed by atoms with Crippen molar-refractivity contribution in [1.82, 2.24) is 35.0 Å². The Kier molecular flexibility index (Phi) is 27.0. The van der Waals surface area contributed by atoms with Crippen molar-refractivity contribution >= 4 is 68.4 Å². The van der Waals surface area contributed by atoms with E-state index in [0.29, 0.717) is 21.5 Å². The third-order valence-electron chi connectivity index (χ3n) is 14.9. The van der Waals surface area contributed by atoms with Crippen molar-refractivity contribution in [3.8, 4) is 0 Å². The minimum Gasteiger partial charge on any atom is -0.477 e. The molecule has 0 aliphatic carbocycles. The van der Waals surface area contributed by atoms with Crippen LogP contribution in [-0.2, 0) is 22.6 Å². The molecular weight excluding hydrogens is 1190 g/mol. The van der Waals surface area contributed by atoms with Gasteiger partial charge in [0.15, 0.2) is 0 Å². The number of hydroxylamine groups is 4. The lowest BCUT2D eigenvalue weighted by molar-refractivity contribution is -0.0652. The number of pyridine rings is 5. The second kappa shape index (κ2) is 35.7. The van der Waals surface area contributed by atoms with Crippen molar-refractivity contribution in [2.24, 2.45) is 0 Å². The van der Waals surface area contributed by atoms with Gasteiger partial charge in [-0.15, -0.1) is 0 Å². The van der Waals surface area contributed by atoms with Gasteiger partial charge in [0, 0.05) is 63.0 Å². The van der Waals surface area contributed by atoms with Crippen LogP contribution in [0.2, 0.25) is 0 Å². The summed E-state index contributed by atoms with van der Waals surface area (Å²) in [4.78, 5) is 86.5. The fraction of sp³-hybridized carbons (Fsp3) is 0.364. The van der Waals surface area contributed by atoms with E-state index < -0.39 is 23.8 Å². The Morgan fingerprint density at radius 3 is 0.943 bits per heavy atom. The summed E-state index contributed by atoms with van der Waals surface area (Å²) >= 11 is 3.20. The zero-order valence-electron chi connectivity index (χ0n) is 50.0. The topological polar surface area (TPSA) is 248 Å². The Morgan fingerprint density at radius 1 is 0.398 bits per heavy atom. The van der Waals surface area contributed by atoms with E-state index in [1.165, 1.54) is 91.3 Å². The molecule has 0 radical (unpaired) electrons. The molecule has 11 rings (SSSR count). The zero-order valence-corrected chi connectivity index (χ0v) is 51.6. The van der Waals surface area contributed by atoms with E-state index in [9.17, 15) is 34.4 Å². The van der Waals surface area contributed by atoms with Gasteiger partial charge >= 0.3 is 17.9 Å². The number of halogens is 1. The molecule has 9 heterocycles. The van der Waals surface area contributed by atoms with Crippen molar-refractivity contribution in [2.45, 2.75) is 90.1 Å². The summed E-state index contributed by atoms with van der Waals surface area (Å²) < 4.78 is 9.90. The SMILES string of the molecule is COC(=O)c1ccc(Br)cn1.COC(=O)c1ccc(N2CCCCC2)cn1.O=C(O)c1ccc(N2CCCCC2)cn1.O=C(c1ccc(N2CCCCC2)cn1)N(O)Cc1ccccc1.O=C(c1ccc(N2CCCCC2)cn1)N(O)Cc1ccccc1. The molecule has 7 aromatic rings. The molecule has 0 saturated carbocycles. The maximum Gasteiger partial charge on any atom is 0.356 e. The third kappa shape index (κ3) is 21.2. The Balaban J connectivity index is 0.000000161. The third-order valence-corrected chi connectivity index (χ3v) is 15.3. The Labute approximate surface area is 522 Å². The number of anilines is 4. The lowest BCUT2D eigenvalue weighted by Gasteiger charge is -2.28. The average Bonchev–Trinajstić information content (AvgIpc) is 3.78. The molecule has 0 spiro atoms. The predicted molar refractivity (Wildman–Crippen MR) is 339 cm³/mol. The first kappa shape index (κ1) is 66.7. The van der Waals surface area contributed by atoms with E-state index in [4.69, 9.17) is 5.11 Å². The Hall–Kier alpha value is -8.86. The van der Waals surface area contributed by atoms with Crippen molar-refractivity contribution in [1.29, 1.82) is 0 Å². The molecule has 21 nitrogen and oxygen atoms in total. The lowest BCUT2D eigenvalue weighted by atomic mass is 10.1.